The Hall–Kier alpha value is -2.31. The van der Waals surface area contributed by atoms with Gasteiger partial charge in [-0.2, -0.15) is 18.3 Å². The maximum absolute atomic E-state index is 13.2. The van der Waals surface area contributed by atoms with Gasteiger partial charge in [0.1, 0.15) is 0 Å². The van der Waals surface area contributed by atoms with E-state index >= 15 is 0 Å². The van der Waals surface area contributed by atoms with Gasteiger partial charge in [0.2, 0.25) is 0 Å². The number of aromatic nitrogens is 2. The summed E-state index contributed by atoms with van der Waals surface area (Å²) in [6, 6.07) is 7.66. The zero-order valence-electron chi connectivity index (χ0n) is 12.8. The monoisotopic (exact) mass is 323 g/mol. The predicted octanol–water partition coefficient (Wildman–Crippen LogP) is 2.95. The van der Waals surface area contributed by atoms with E-state index in [9.17, 15) is 18.0 Å². The van der Waals surface area contributed by atoms with Crippen molar-refractivity contribution in [2.24, 2.45) is 7.05 Å². The first-order chi connectivity index (χ1) is 10.8. The van der Waals surface area contributed by atoms with Crippen LogP contribution in [0.2, 0.25) is 0 Å². The van der Waals surface area contributed by atoms with E-state index in [1.54, 1.807) is 0 Å². The number of benzene rings is 1. The first-order valence-corrected chi connectivity index (χ1v) is 7.26. The molecule has 0 spiro atoms. The SMILES string of the molecule is Cc1c(C(=O)N2CCc3ccccc3C2)c(C(F)(F)F)nn1C. The predicted molar refractivity (Wildman–Crippen MR) is 77.8 cm³/mol. The lowest BCUT2D eigenvalue weighted by molar-refractivity contribution is -0.141. The molecule has 4 nitrogen and oxygen atoms in total. The molecule has 1 aromatic heterocycles. The van der Waals surface area contributed by atoms with Gasteiger partial charge in [0.15, 0.2) is 5.69 Å². The molecular formula is C16H16F3N3O. The third kappa shape index (κ3) is 2.71. The molecule has 0 saturated heterocycles. The normalized spacial score (nSPS) is 14.7. The highest BCUT2D eigenvalue weighted by molar-refractivity contribution is 5.96. The zero-order valence-corrected chi connectivity index (χ0v) is 12.8. The molecule has 0 bridgehead atoms. The standard InChI is InChI=1S/C16H16F3N3O/c1-10-13(14(16(17,18)19)20-21(10)2)15(23)22-8-7-11-5-3-4-6-12(11)9-22/h3-6H,7-9H2,1-2H3. The number of halogens is 3. The first kappa shape index (κ1) is 15.6. The van der Waals surface area contributed by atoms with E-state index in [1.165, 1.54) is 18.9 Å². The summed E-state index contributed by atoms with van der Waals surface area (Å²) in [6.45, 7) is 2.20. The fourth-order valence-corrected chi connectivity index (χ4v) is 2.89. The summed E-state index contributed by atoms with van der Waals surface area (Å²) in [4.78, 5) is 14.1. The van der Waals surface area contributed by atoms with Crippen LogP contribution >= 0.6 is 0 Å². The summed E-state index contributed by atoms with van der Waals surface area (Å²) in [7, 11) is 1.41. The Labute approximate surface area is 131 Å². The highest BCUT2D eigenvalue weighted by atomic mass is 19.4. The minimum Gasteiger partial charge on any atom is -0.334 e. The highest BCUT2D eigenvalue weighted by Crippen LogP contribution is 2.33. The van der Waals surface area contributed by atoms with Crippen molar-refractivity contribution in [3.63, 3.8) is 0 Å². The lowest BCUT2D eigenvalue weighted by atomic mass is 9.99. The van der Waals surface area contributed by atoms with Crippen LogP contribution < -0.4 is 0 Å². The number of fused-ring (bicyclic) bond motifs is 1. The number of amides is 1. The molecule has 0 fully saturated rings. The summed E-state index contributed by atoms with van der Waals surface area (Å²) in [5, 5.41) is 3.49. The molecule has 7 heteroatoms. The van der Waals surface area contributed by atoms with Crippen LogP contribution in [0, 0.1) is 6.92 Å². The number of hydrogen-bond acceptors (Lipinski definition) is 2. The third-order valence-electron chi connectivity index (χ3n) is 4.23. The lowest BCUT2D eigenvalue weighted by Crippen LogP contribution is -2.37. The molecule has 2 heterocycles. The summed E-state index contributed by atoms with van der Waals surface area (Å²) < 4.78 is 40.6. The summed E-state index contributed by atoms with van der Waals surface area (Å²) >= 11 is 0. The Morgan fingerprint density at radius 3 is 2.52 bits per heavy atom. The molecule has 0 N–H and O–H groups in total. The maximum Gasteiger partial charge on any atom is 0.435 e. The van der Waals surface area contributed by atoms with Gasteiger partial charge in [-0.05, 0) is 24.5 Å². The lowest BCUT2D eigenvalue weighted by Gasteiger charge is -2.29. The van der Waals surface area contributed by atoms with E-state index in [4.69, 9.17) is 0 Å². The summed E-state index contributed by atoms with van der Waals surface area (Å²) in [6.07, 6.45) is -4.01. The van der Waals surface area contributed by atoms with Crippen molar-refractivity contribution in [3.05, 3.63) is 52.3 Å². The number of nitrogens with zero attached hydrogens (tertiary/aromatic N) is 3. The number of aryl methyl sites for hydroxylation is 1. The van der Waals surface area contributed by atoms with Crippen LogP contribution in [0.25, 0.3) is 0 Å². The smallest absolute Gasteiger partial charge is 0.334 e. The van der Waals surface area contributed by atoms with Crippen molar-refractivity contribution >= 4 is 5.91 Å². The van der Waals surface area contributed by atoms with Gasteiger partial charge in [-0.3, -0.25) is 9.48 Å². The Bertz CT molecular complexity index is 764. The fourth-order valence-electron chi connectivity index (χ4n) is 2.89. The van der Waals surface area contributed by atoms with E-state index in [-0.39, 0.29) is 11.3 Å². The molecule has 23 heavy (non-hydrogen) atoms. The minimum atomic E-state index is -4.65. The summed E-state index contributed by atoms with van der Waals surface area (Å²) in [5.74, 6) is -0.613. The van der Waals surface area contributed by atoms with Crippen LogP contribution in [0.3, 0.4) is 0 Å². The molecule has 1 aromatic carbocycles. The first-order valence-electron chi connectivity index (χ1n) is 7.26. The van der Waals surface area contributed by atoms with Crippen molar-refractivity contribution in [1.82, 2.24) is 14.7 Å². The van der Waals surface area contributed by atoms with E-state index in [2.05, 4.69) is 5.10 Å². The Morgan fingerprint density at radius 1 is 1.22 bits per heavy atom. The maximum atomic E-state index is 13.2. The molecule has 122 valence electrons. The van der Waals surface area contributed by atoms with Crippen molar-refractivity contribution in [1.29, 1.82) is 0 Å². The molecule has 1 aliphatic heterocycles. The molecule has 1 amide bonds. The fraction of sp³-hybridized carbons (Fsp3) is 0.375. The molecule has 2 aromatic rings. The van der Waals surface area contributed by atoms with Gasteiger partial charge in [0.25, 0.3) is 5.91 Å². The largest absolute Gasteiger partial charge is 0.435 e. The minimum absolute atomic E-state index is 0.223. The second-order valence-corrected chi connectivity index (χ2v) is 5.68. The van der Waals surface area contributed by atoms with Gasteiger partial charge in [0, 0.05) is 25.8 Å². The van der Waals surface area contributed by atoms with Crippen LogP contribution in [0.1, 0.15) is 32.9 Å². The number of rotatable bonds is 1. The van der Waals surface area contributed by atoms with Crippen LogP contribution in [-0.4, -0.2) is 27.1 Å². The molecule has 1 aliphatic rings. The molecule has 0 aliphatic carbocycles. The molecule has 0 unspecified atom stereocenters. The van der Waals surface area contributed by atoms with Crippen molar-refractivity contribution in [2.75, 3.05) is 6.54 Å². The van der Waals surface area contributed by atoms with E-state index in [0.717, 1.165) is 15.8 Å². The van der Waals surface area contributed by atoms with E-state index in [0.29, 0.717) is 19.5 Å². The van der Waals surface area contributed by atoms with Crippen LogP contribution in [0.4, 0.5) is 13.2 Å². The van der Waals surface area contributed by atoms with Crippen molar-refractivity contribution in [2.45, 2.75) is 26.1 Å². The van der Waals surface area contributed by atoms with Crippen molar-refractivity contribution in [3.8, 4) is 0 Å². The van der Waals surface area contributed by atoms with Crippen molar-refractivity contribution < 1.29 is 18.0 Å². The average molecular weight is 323 g/mol. The molecule has 0 saturated carbocycles. The quantitative estimate of drug-likeness (QED) is 0.809. The van der Waals surface area contributed by atoms with E-state index in [1.807, 2.05) is 24.3 Å². The van der Waals surface area contributed by atoms with Gasteiger partial charge in [-0.15, -0.1) is 0 Å². The second kappa shape index (κ2) is 5.40. The molecule has 3 rings (SSSR count). The van der Waals surface area contributed by atoms with E-state index < -0.39 is 17.8 Å². The van der Waals surface area contributed by atoms with Gasteiger partial charge in [-0.25, -0.2) is 0 Å². The summed E-state index contributed by atoms with van der Waals surface area (Å²) in [5.41, 5.74) is 0.875. The molecule has 0 radical (unpaired) electrons. The van der Waals surface area contributed by atoms with Crippen LogP contribution in [-0.2, 0) is 26.2 Å². The second-order valence-electron chi connectivity index (χ2n) is 5.68. The highest BCUT2D eigenvalue weighted by Gasteiger charge is 2.41. The molecule has 0 atom stereocenters. The number of hydrogen-bond donors (Lipinski definition) is 0. The number of carbonyl (C=O) groups is 1. The Balaban J connectivity index is 1.96. The topological polar surface area (TPSA) is 38.1 Å². The number of carbonyl (C=O) groups excluding carboxylic acids is 1. The van der Waals surface area contributed by atoms with Gasteiger partial charge >= 0.3 is 6.18 Å². The Morgan fingerprint density at radius 2 is 1.87 bits per heavy atom. The third-order valence-corrected chi connectivity index (χ3v) is 4.23. The molecular weight excluding hydrogens is 307 g/mol. The van der Waals surface area contributed by atoms with Crippen LogP contribution in [0.15, 0.2) is 24.3 Å². The van der Waals surface area contributed by atoms with Gasteiger partial charge in [-0.1, -0.05) is 24.3 Å². The zero-order chi connectivity index (χ0) is 16.8. The average Bonchev–Trinajstić information content (AvgIpc) is 2.82. The number of alkyl halides is 3. The Kier molecular flexibility index (Phi) is 3.66. The van der Waals surface area contributed by atoms with Gasteiger partial charge < -0.3 is 4.90 Å². The van der Waals surface area contributed by atoms with Gasteiger partial charge in [0.05, 0.1) is 5.56 Å². The van der Waals surface area contributed by atoms with Crippen LogP contribution in [0.5, 0.6) is 0 Å².